The fourth-order valence-corrected chi connectivity index (χ4v) is 2.59. The minimum Gasteiger partial charge on any atom is -0.459 e. The molecule has 0 aliphatic carbocycles. The Hall–Kier alpha value is -2.15. The standard InChI is InChI=1S/C13H16N4O3/c18-12(11-3-1-8-20-11)16-6-2-4-13(19,9-16)10-17-7-5-14-15-17/h1,3,5,7-8,19H,2,4,6,9-10H2. The summed E-state index contributed by atoms with van der Waals surface area (Å²) in [5.74, 6) is 0.113. The normalized spacial score (nSPS) is 22.9. The lowest BCUT2D eigenvalue weighted by Gasteiger charge is -2.38. The molecule has 3 heterocycles. The number of aromatic nitrogens is 3. The summed E-state index contributed by atoms with van der Waals surface area (Å²) in [7, 11) is 0. The van der Waals surface area contributed by atoms with Crippen LogP contribution in [0.25, 0.3) is 0 Å². The van der Waals surface area contributed by atoms with Crippen molar-refractivity contribution < 1.29 is 14.3 Å². The third-order valence-corrected chi connectivity index (χ3v) is 3.50. The zero-order valence-corrected chi connectivity index (χ0v) is 11.0. The number of hydrogen-bond acceptors (Lipinski definition) is 5. The molecule has 1 N–H and O–H groups in total. The molecule has 1 unspecified atom stereocenters. The van der Waals surface area contributed by atoms with Crippen LogP contribution in [0.5, 0.6) is 0 Å². The summed E-state index contributed by atoms with van der Waals surface area (Å²) in [5.41, 5.74) is -0.978. The van der Waals surface area contributed by atoms with E-state index in [0.717, 1.165) is 6.42 Å². The zero-order valence-electron chi connectivity index (χ0n) is 11.0. The fraction of sp³-hybridized carbons (Fsp3) is 0.462. The van der Waals surface area contributed by atoms with Gasteiger partial charge in [-0.05, 0) is 25.0 Å². The van der Waals surface area contributed by atoms with Crippen LogP contribution >= 0.6 is 0 Å². The number of hydrogen-bond donors (Lipinski definition) is 1. The van der Waals surface area contributed by atoms with Gasteiger partial charge in [0.05, 0.1) is 25.5 Å². The summed E-state index contributed by atoms with van der Waals surface area (Å²) in [4.78, 5) is 13.9. The molecule has 1 saturated heterocycles. The molecule has 1 aliphatic heterocycles. The van der Waals surface area contributed by atoms with Crippen LogP contribution in [-0.4, -0.2) is 49.6 Å². The van der Waals surface area contributed by atoms with Crippen LogP contribution in [0.2, 0.25) is 0 Å². The van der Waals surface area contributed by atoms with Crippen LogP contribution in [-0.2, 0) is 6.54 Å². The summed E-state index contributed by atoms with van der Waals surface area (Å²) in [5, 5.41) is 18.2. The first kappa shape index (κ1) is 12.9. The lowest BCUT2D eigenvalue weighted by atomic mass is 9.92. The number of rotatable bonds is 3. The van der Waals surface area contributed by atoms with Crippen molar-refractivity contribution in [3.8, 4) is 0 Å². The van der Waals surface area contributed by atoms with E-state index in [1.54, 1.807) is 34.1 Å². The second kappa shape index (κ2) is 5.09. The first-order chi connectivity index (χ1) is 9.66. The molecule has 0 aromatic carbocycles. The van der Waals surface area contributed by atoms with Gasteiger partial charge in [0.2, 0.25) is 0 Å². The molecule has 2 aromatic heterocycles. The van der Waals surface area contributed by atoms with E-state index in [-0.39, 0.29) is 12.5 Å². The molecule has 3 rings (SSSR count). The lowest BCUT2D eigenvalue weighted by molar-refractivity contribution is -0.0393. The first-order valence-electron chi connectivity index (χ1n) is 6.56. The van der Waals surface area contributed by atoms with Crippen molar-refractivity contribution in [2.75, 3.05) is 13.1 Å². The van der Waals surface area contributed by atoms with Crippen LogP contribution in [0.4, 0.5) is 0 Å². The average molecular weight is 276 g/mol. The summed E-state index contributed by atoms with van der Waals surface area (Å²) in [6.07, 6.45) is 6.12. The van der Waals surface area contributed by atoms with Crippen molar-refractivity contribution in [3.63, 3.8) is 0 Å². The van der Waals surface area contributed by atoms with Gasteiger partial charge >= 0.3 is 0 Å². The Morgan fingerprint density at radius 2 is 2.45 bits per heavy atom. The highest BCUT2D eigenvalue weighted by molar-refractivity contribution is 5.91. The molecule has 0 spiro atoms. The summed E-state index contributed by atoms with van der Waals surface area (Å²) < 4.78 is 6.71. The van der Waals surface area contributed by atoms with Gasteiger partial charge < -0.3 is 14.4 Å². The maximum Gasteiger partial charge on any atom is 0.289 e. The van der Waals surface area contributed by atoms with E-state index in [1.165, 1.54) is 6.26 Å². The molecule has 1 atom stereocenters. The van der Waals surface area contributed by atoms with Crippen LogP contribution in [0.15, 0.2) is 35.2 Å². The van der Waals surface area contributed by atoms with Gasteiger partial charge in [-0.25, -0.2) is 4.68 Å². The van der Waals surface area contributed by atoms with Crippen molar-refractivity contribution in [1.29, 1.82) is 0 Å². The Kier molecular flexibility index (Phi) is 3.27. The minimum atomic E-state index is -0.978. The molecular weight excluding hydrogens is 260 g/mol. The van der Waals surface area contributed by atoms with Crippen molar-refractivity contribution in [1.82, 2.24) is 19.9 Å². The van der Waals surface area contributed by atoms with Crippen LogP contribution in [0.1, 0.15) is 23.4 Å². The van der Waals surface area contributed by atoms with E-state index >= 15 is 0 Å². The van der Waals surface area contributed by atoms with Crippen molar-refractivity contribution in [2.24, 2.45) is 0 Å². The number of aliphatic hydroxyl groups is 1. The number of likely N-dealkylation sites (tertiary alicyclic amines) is 1. The number of carbonyl (C=O) groups is 1. The topological polar surface area (TPSA) is 84.4 Å². The molecule has 2 aromatic rings. The van der Waals surface area contributed by atoms with E-state index < -0.39 is 5.60 Å². The Morgan fingerprint density at radius 3 is 3.15 bits per heavy atom. The molecule has 0 radical (unpaired) electrons. The van der Waals surface area contributed by atoms with Gasteiger partial charge in [0.15, 0.2) is 5.76 Å². The highest BCUT2D eigenvalue weighted by Crippen LogP contribution is 2.24. The van der Waals surface area contributed by atoms with E-state index in [2.05, 4.69) is 10.3 Å². The quantitative estimate of drug-likeness (QED) is 0.884. The lowest BCUT2D eigenvalue weighted by Crippen LogP contribution is -2.52. The van der Waals surface area contributed by atoms with Gasteiger partial charge in [0.25, 0.3) is 5.91 Å². The third kappa shape index (κ3) is 2.57. The number of β-amino-alcohol motifs (C(OH)–C–C–N with tert-alkyl or cyclic N) is 1. The van der Waals surface area contributed by atoms with Crippen LogP contribution in [0.3, 0.4) is 0 Å². The summed E-state index contributed by atoms with van der Waals surface area (Å²) in [6.45, 7) is 1.22. The number of furan rings is 1. The van der Waals surface area contributed by atoms with Gasteiger partial charge in [-0.3, -0.25) is 4.79 Å². The van der Waals surface area contributed by atoms with Crippen LogP contribution in [0, 0.1) is 0 Å². The Balaban J connectivity index is 1.71. The smallest absolute Gasteiger partial charge is 0.289 e. The fourth-order valence-electron chi connectivity index (χ4n) is 2.59. The molecule has 0 saturated carbocycles. The van der Waals surface area contributed by atoms with Crippen LogP contribution < -0.4 is 0 Å². The predicted molar refractivity (Wildman–Crippen MR) is 68.8 cm³/mol. The van der Waals surface area contributed by atoms with Gasteiger partial charge in [-0.1, -0.05) is 5.21 Å². The van der Waals surface area contributed by atoms with Gasteiger partial charge in [-0.15, -0.1) is 5.10 Å². The molecule has 7 nitrogen and oxygen atoms in total. The molecule has 7 heteroatoms. The monoisotopic (exact) mass is 276 g/mol. The van der Waals surface area contributed by atoms with E-state index in [1.807, 2.05) is 0 Å². The second-order valence-electron chi connectivity index (χ2n) is 5.13. The maximum atomic E-state index is 12.2. The molecule has 1 aliphatic rings. The third-order valence-electron chi connectivity index (χ3n) is 3.50. The Morgan fingerprint density at radius 1 is 1.55 bits per heavy atom. The molecule has 1 fully saturated rings. The first-order valence-corrected chi connectivity index (χ1v) is 6.56. The Bertz CT molecular complexity index is 566. The number of amides is 1. The Labute approximate surface area is 115 Å². The SMILES string of the molecule is O=C(c1ccco1)N1CCCC(O)(Cn2ccnn2)C1. The molecule has 20 heavy (non-hydrogen) atoms. The molecule has 1 amide bonds. The summed E-state index contributed by atoms with van der Waals surface area (Å²) >= 11 is 0. The summed E-state index contributed by atoms with van der Waals surface area (Å²) in [6, 6.07) is 3.31. The maximum absolute atomic E-state index is 12.2. The second-order valence-corrected chi connectivity index (χ2v) is 5.13. The zero-order chi connectivity index (χ0) is 14.0. The molecule has 0 bridgehead atoms. The number of nitrogens with zero attached hydrogens (tertiary/aromatic N) is 4. The molecule has 106 valence electrons. The highest BCUT2D eigenvalue weighted by Gasteiger charge is 2.36. The number of piperidine rings is 1. The van der Waals surface area contributed by atoms with Crippen molar-refractivity contribution in [3.05, 3.63) is 36.5 Å². The van der Waals surface area contributed by atoms with Gasteiger partial charge in [0.1, 0.15) is 5.60 Å². The largest absolute Gasteiger partial charge is 0.459 e. The highest BCUT2D eigenvalue weighted by atomic mass is 16.3. The van der Waals surface area contributed by atoms with Gasteiger partial charge in [0, 0.05) is 12.7 Å². The van der Waals surface area contributed by atoms with E-state index in [4.69, 9.17) is 4.42 Å². The number of carbonyl (C=O) groups excluding carboxylic acids is 1. The average Bonchev–Trinajstić information content (AvgIpc) is 3.10. The predicted octanol–water partition coefficient (Wildman–Crippen LogP) is 0.538. The van der Waals surface area contributed by atoms with Crippen molar-refractivity contribution in [2.45, 2.75) is 25.0 Å². The van der Waals surface area contributed by atoms with E-state index in [9.17, 15) is 9.90 Å². The van der Waals surface area contributed by atoms with Gasteiger partial charge in [-0.2, -0.15) is 0 Å². The van der Waals surface area contributed by atoms with E-state index in [0.29, 0.717) is 25.3 Å². The molecular formula is C13H16N4O3. The minimum absolute atomic E-state index is 0.188. The van der Waals surface area contributed by atoms with Crippen molar-refractivity contribution >= 4 is 5.91 Å².